The molecule has 0 amide bonds. The number of rotatable bonds is 8. The van der Waals surface area contributed by atoms with Crippen molar-refractivity contribution in [2.45, 2.75) is 39.3 Å². The lowest BCUT2D eigenvalue weighted by atomic mass is 10.1. The molecule has 1 heterocycles. The summed E-state index contributed by atoms with van der Waals surface area (Å²) in [5, 5.41) is 7.41. The van der Waals surface area contributed by atoms with Gasteiger partial charge in [-0.1, -0.05) is 13.8 Å². The summed E-state index contributed by atoms with van der Waals surface area (Å²) < 4.78 is 24.9. The van der Waals surface area contributed by atoms with Gasteiger partial charge in [0.15, 0.2) is 9.84 Å². The molecular formula is C12H23N3O2S. The fourth-order valence-electron chi connectivity index (χ4n) is 1.93. The van der Waals surface area contributed by atoms with Crippen molar-refractivity contribution in [1.82, 2.24) is 15.1 Å². The maximum absolute atomic E-state index is 11.6. The van der Waals surface area contributed by atoms with Crippen molar-refractivity contribution in [3.05, 3.63) is 18.0 Å². The quantitative estimate of drug-likeness (QED) is 0.777. The Labute approximate surface area is 109 Å². The minimum atomic E-state index is -2.93. The number of nitrogens with one attached hydrogen (secondary N) is 1. The number of sulfone groups is 1. The molecule has 1 unspecified atom stereocenters. The highest BCUT2D eigenvalue weighted by Gasteiger charge is 2.12. The second-order valence-corrected chi connectivity index (χ2v) is 6.74. The smallest absolute Gasteiger partial charge is 0.152 e. The third kappa shape index (κ3) is 4.42. The zero-order valence-electron chi connectivity index (χ0n) is 11.4. The van der Waals surface area contributed by atoms with Gasteiger partial charge in [-0.2, -0.15) is 5.10 Å². The molecule has 1 aromatic heterocycles. The van der Waals surface area contributed by atoms with Crippen LogP contribution in [-0.4, -0.2) is 36.8 Å². The first-order valence-electron chi connectivity index (χ1n) is 6.42. The van der Waals surface area contributed by atoms with Crippen LogP contribution in [0.25, 0.3) is 0 Å². The Morgan fingerprint density at radius 2 is 2.11 bits per heavy atom. The Hall–Kier alpha value is -0.880. The van der Waals surface area contributed by atoms with Crippen LogP contribution in [-0.2, 0) is 16.4 Å². The van der Waals surface area contributed by atoms with Gasteiger partial charge in [0, 0.05) is 23.6 Å². The molecule has 18 heavy (non-hydrogen) atoms. The van der Waals surface area contributed by atoms with Gasteiger partial charge in [-0.05, 0) is 19.9 Å². The van der Waals surface area contributed by atoms with E-state index in [0.29, 0.717) is 13.0 Å². The molecule has 1 N–H and O–H groups in total. The van der Waals surface area contributed by atoms with Crippen molar-refractivity contribution >= 4 is 9.84 Å². The SMILES string of the molecule is CCCS(=O)(=O)CCn1cc(C(CC)NC)cn1. The van der Waals surface area contributed by atoms with Crippen LogP contribution in [0.5, 0.6) is 0 Å². The van der Waals surface area contributed by atoms with Gasteiger partial charge >= 0.3 is 0 Å². The monoisotopic (exact) mass is 273 g/mol. The average molecular weight is 273 g/mol. The van der Waals surface area contributed by atoms with Crippen LogP contribution in [0.3, 0.4) is 0 Å². The normalized spacial score (nSPS) is 13.7. The molecule has 6 heteroatoms. The van der Waals surface area contributed by atoms with Gasteiger partial charge in [-0.25, -0.2) is 8.42 Å². The molecule has 0 saturated carbocycles. The highest BCUT2D eigenvalue weighted by molar-refractivity contribution is 7.91. The maximum Gasteiger partial charge on any atom is 0.152 e. The Bertz CT molecular complexity index is 450. The van der Waals surface area contributed by atoms with Crippen LogP contribution in [0.1, 0.15) is 38.3 Å². The average Bonchev–Trinajstić information content (AvgIpc) is 2.77. The second-order valence-electron chi connectivity index (χ2n) is 4.44. The van der Waals surface area contributed by atoms with E-state index in [1.807, 2.05) is 20.2 Å². The summed E-state index contributed by atoms with van der Waals surface area (Å²) >= 11 is 0. The highest BCUT2D eigenvalue weighted by Crippen LogP contribution is 2.14. The predicted molar refractivity (Wildman–Crippen MR) is 73.3 cm³/mol. The molecular weight excluding hydrogens is 250 g/mol. The van der Waals surface area contributed by atoms with Crippen LogP contribution in [0.2, 0.25) is 0 Å². The zero-order valence-corrected chi connectivity index (χ0v) is 12.2. The number of aromatic nitrogens is 2. The fourth-order valence-corrected chi connectivity index (χ4v) is 3.23. The summed E-state index contributed by atoms with van der Waals surface area (Å²) in [5.74, 6) is 0.424. The zero-order chi connectivity index (χ0) is 13.6. The minimum Gasteiger partial charge on any atom is -0.313 e. The summed E-state index contributed by atoms with van der Waals surface area (Å²) in [6, 6.07) is 0.283. The third-order valence-electron chi connectivity index (χ3n) is 2.96. The van der Waals surface area contributed by atoms with Gasteiger partial charge in [-0.3, -0.25) is 4.68 Å². The van der Waals surface area contributed by atoms with E-state index in [-0.39, 0.29) is 17.5 Å². The van der Waals surface area contributed by atoms with Crippen LogP contribution in [0.15, 0.2) is 12.4 Å². The summed E-state index contributed by atoms with van der Waals surface area (Å²) in [6.07, 6.45) is 5.38. The molecule has 0 aliphatic heterocycles. The third-order valence-corrected chi connectivity index (χ3v) is 4.79. The van der Waals surface area contributed by atoms with E-state index in [9.17, 15) is 8.42 Å². The van der Waals surface area contributed by atoms with Crippen LogP contribution < -0.4 is 5.32 Å². The van der Waals surface area contributed by atoms with Crippen LogP contribution >= 0.6 is 0 Å². The lowest BCUT2D eigenvalue weighted by Gasteiger charge is -2.10. The summed E-state index contributed by atoms with van der Waals surface area (Å²) in [6.45, 7) is 4.41. The van der Waals surface area contributed by atoms with Crippen molar-refractivity contribution < 1.29 is 8.42 Å². The Morgan fingerprint density at radius 3 is 2.67 bits per heavy atom. The molecule has 1 atom stereocenters. The van der Waals surface area contributed by atoms with E-state index in [4.69, 9.17) is 0 Å². The molecule has 1 aromatic rings. The Balaban J connectivity index is 2.59. The van der Waals surface area contributed by atoms with Crippen molar-refractivity contribution in [2.24, 2.45) is 0 Å². The fraction of sp³-hybridized carbons (Fsp3) is 0.750. The molecule has 0 bridgehead atoms. The first kappa shape index (κ1) is 15.2. The largest absolute Gasteiger partial charge is 0.313 e. The molecule has 0 spiro atoms. The van der Waals surface area contributed by atoms with E-state index in [1.54, 1.807) is 10.9 Å². The lowest BCUT2D eigenvalue weighted by molar-refractivity contribution is 0.571. The molecule has 1 rings (SSSR count). The minimum absolute atomic E-state index is 0.165. The van der Waals surface area contributed by atoms with E-state index in [2.05, 4.69) is 17.3 Å². The highest BCUT2D eigenvalue weighted by atomic mass is 32.2. The number of nitrogens with zero attached hydrogens (tertiary/aromatic N) is 2. The molecule has 0 radical (unpaired) electrons. The number of aryl methyl sites for hydroxylation is 1. The summed E-state index contributed by atoms with van der Waals surface area (Å²) in [5.41, 5.74) is 1.10. The van der Waals surface area contributed by atoms with Crippen LogP contribution in [0.4, 0.5) is 0 Å². The van der Waals surface area contributed by atoms with Crippen molar-refractivity contribution in [1.29, 1.82) is 0 Å². The van der Waals surface area contributed by atoms with Gasteiger partial charge in [0.25, 0.3) is 0 Å². The topological polar surface area (TPSA) is 64.0 Å². The lowest BCUT2D eigenvalue weighted by Crippen LogP contribution is -2.16. The van der Waals surface area contributed by atoms with Crippen molar-refractivity contribution in [2.75, 3.05) is 18.6 Å². The van der Waals surface area contributed by atoms with E-state index >= 15 is 0 Å². The Kier molecular flexibility index (Phi) is 5.81. The second kappa shape index (κ2) is 6.89. The standard InChI is InChI=1S/C12H23N3O2S/c1-4-7-18(16,17)8-6-15-10-11(9-14-15)12(5-2)13-3/h9-10,12-13H,4-8H2,1-3H3. The molecule has 5 nitrogen and oxygen atoms in total. The summed E-state index contributed by atoms with van der Waals surface area (Å²) in [7, 11) is -1.01. The molecule has 0 saturated heterocycles. The number of hydrogen-bond donors (Lipinski definition) is 1. The molecule has 0 aromatic carbocycles. The first-order valence-corrected chi connectivity index (χ1v) is 8.24. The van der Waals surface area contributed by atoms with E-state index in [0.717, 1.165) is 12.0 Å². The molecule has 104 valence electrons. The molecule has 0 fully saturated rings. The van der Waals surface area contributed by atoms with Gasteiger partial charge in [0.1, 0.15) is 0 Å². The van der Waals surface area contributed by atoms with E-state index < -0.39 is 9.84 Å². The van der Waals surface area contributed by atoms with Gasteiger partial charge in [0.2, 0.25) is 0 Å². The van der Waals surface area contributed by atoms with E-state index in [1.165, 1.54) is 0 Å². The number of hydrogen-bond acceptors (Lipinski definition) is 4. The van der Waals surface area contributed by atoms with Crippen LogP contribution in [0, 0.1) is 0 Å². The van der Waals surface area contributed by atoms with Gasteiger partial charge < -0.3 is 5.32 Å². The van der Waals surface area contributed by atoms with Crippen molar-refractivity contribution in [3.63, 3.8) is 0 Å². The first-order chi connectivity index (χ1) is 8.52. The van der Waals surface area contributed by atoms with Gasteiger partial charge in [0.05, 0.1) is 18.5 Å². The van der Waals surface area contributed by atoms with Crippen molar-refractivity contribution in [3.8, 4) is 0 Å². The maximum atomic E-state index is 11.6. The van der Waals surface area contributed by atoms with Gasteiger partial charge in [-0.15, -0.1) is 0 Å². The summed E-state index contributed by atoms with van der Waals surface area (Å²) in [4.78, 5) is 0. The predicted octanol–water partition coefficient (Wildman–Crippen LogP) is 1.38. The molecule has 0 aliphatic rings. The molecule has 0 aliphatic carbocycles. The Morgan fingerprint density at radius 1 is 1.39 bits per heavy atom.